The maximum Gasteiger partial charge on any atom is 0.355 e. The summed E-state index contributed by atoms with van der Waals surface area (Å²) in [6.45, 7) is 15.6. The second-order valence-electron chi connectivity index (χ2n) is 11.7. The summed E-state index contributed by atoms with van der Waals surface area (Å²) in [6.07, 6.45) is 2.70. The topological polar surface area (TPSA) is 117 Å². The molecule has 230 valence electrons. The van der Waals surface area contributed by atoms with Crippen LogP contribution in [0.5, 0.6) is 5.75 Å². The van der Waals surface area contributed by atoms with Crippen LogP contribution in [0.25, 0.3) is 28.0 Å². The summed E-state index contributed by atoms with van der Waals surface area (Å²) in [4.78, 5) is 48.2. The molecule has 0 aliphatic carbocycles. The largest absolute Gasteiger partial charge is 0.507 e. The molecular formula is C32H35F2N7O3. The fourth-order valence-electron chi connectivity index (χ4n) is 5.99. The van der Waals surface area contributed by atoms with Gasteiger partial charge in [-0.15, -0.1) is 0 Å². The van der Waals surface area contributed by atoms with Crippen molar-refractivity contribution in [3.8, 4) is 22.7 Å². The van der Waals surface area contributed by atoms with Crippen LogP contribution in [0, 0.1) is 11.6 Å². The van der Waals surface area contributed by atoms with E-state index in [-0.39, 0.29) is 46.7 Å². The van der Waals surface area contributed by atoms with E-state index >= 15 is 8.78 Å². The van der Waals surface area contributed by atoms with Crippen molar-refractivity contribution in [3.63, 3.8) is 0 Å². The Hall–Kier alpha value is -4.74. The number of hydrogen-bond acceptors (Lipinski definition) is 8. The van der Waals surface area contributed by atoms with Gasteiger partial charge in [-0.05, 0) is 50.0 Å². The van der Waals surface area contributed by atoms with E-state index in [4.69, 9.17) is 0 Å². The van der Waals surface area contributed by atoms with Crippen LogP contribution in [0.2, 0.25) is 0 Å². The molecule has 0 bridgehead atoms. The molecule has 2 unspecified atom stereocenters. The Bertz CT molecular complexity index is 1780. The number of aromatic nitrogens is 5. The average molecular weight is 604 g/mol. The highest BCUT2D eigenvalue weighted by Gasteiger charge is 2.34. The van der Waals surface area contributed by atoms with E-state index in [0.29, 0.717) is 30.2 Å². The Balaban J connectivity index is 1.87. The highest BCUT2D eigenvalue weighted by Crippen LogP contribution is 2.37. The van der Waals surface area contributed by atoms with Gasteiger partial charge in [-0.3, -0.25) is 4.79 Å². The maximum atomic E-state index is 16.0. The summed E-state index contributed by atoms with van der Waals surface area (Å²) in [5.41, 5.74) is -0.112. The highest BCUT2D eigenvalue weighted by atomic mass is 19.1. The van der Waals surface area contributed by atoms with E-state index in [1.807, 2.05) is 46.4 Å². The molecule has 0 radical (unpaired) electrons. The first-order valence-corrected chi connectivity index (χ1v) is 14.5. The lowest BCUT2D eigenvalue weighted by atomic mass is 10.0. The third-order valence-corrected chi connectivity index (χ3v) is 7.87. The number of rotatable bonds is 6. The second kappa shape index (κ2) is 11.7. The number of aromatic hydroxyl groups is 1. The quantitative estimate of drug-likeness (QED) is 0.303. The molecule has 1 saturated heterocycles. The number of hydrogen-bond donors (Lipinski definition) is 1. The molecule has 12 heteroatoms. The molecule has 4 aromatic rings. The fourth-order valence-corrected chi connectivity index (χ4v) is 5.99. The molecular weight excluding hydrogens is 568 g/mol. The molecule has 1 aromatic carbocycles. The number of nitrogens with zero attached hydrogens (tertiary/aromatic N) is 7. The van der Waals surface area contributed by atoms with E-state index in [1.54, 1.807) is 4.90 Å². The molecule has 5 rings (SSSR count). The molecule has 0 saturated carbocycles. The van der Waals surface area contributed by atoms with Gasteiger partial charge in [-0.25, -0.2) is 33.1 Å². The van der Waals surface area contributed by atoms with E-state index in [0.717, 1.165) is 12.1 Å². The van der Waals surface area contributed by atoms with Crippen LogP contribution in [0.15, 0.2) is 48.0 Å². The number of piperazine rings is 1. The molecule has 4 heterocycles. The van der Waals surface area contributed by atoms with Gasteiger partial charge in [0, 0.05) is 25.2 Å². The molecule has 0 spiro atoms. The van der Waals surface area contributed by atoms with Crippen LogP contribution in [0.4, 0.5) is 14.6 Å². The van der Waals surface area contributed by atoms with Crippen LogP contribution in [-0.2, 0) is 4.79 Å². The van der Waals surface area contributed by atoms with Crippen LogP contribution in [-0.4, -0.2) is 65.6 Å². The van der Waals surface area contributed by atoms with Gasteiger partial charge in [0.15, 0.2) is 11.5 Å². The predicted octanol–water partition coefficient (Wildman–Crippen LogP) is 5.08. The first-order chi connectivity index (χ1) is 20.8. The number of carbonyl (C=O) groups excluding carboxylic acids is 1. The van der Waals surface area contributed by atoms with Gasteiger partial charge in [0.2, 0.25) is 5.91 Å². The minimum Gasteiger partial charge on any atom is -0.507 e. The van der Waals surface area contributed by atoms with E-state index in [2.05, 4.69) is 26.5 Å². The Kier molecular flexibility index (Phi) is 8.19. The monoisotopic (exact) mass is 603 g/mol. The number of phenolic OH excluding ortho intramolecular Hbond substituents is 1. The van der Waals surface area contributed by atoms with Crippen LogP contribution < -0.4 is 10.6 Å². The highest BCUT2D eigenvalue weighted by molar-refractivity contribution is 5.91. The van der Waals surface area contributed by atoms with Gasteiger partial charge in [0.05, 0.1) is 28.0 Å². The Morgan fingerprint density at radius 1 is 1.02 bits per heavy atom. The SMILES string of the molecule is C=CC(=O)N1C(C)CN(c2nc(=O)n(-c3c(C(C)C)ncnc3C(C)C)c3nc(-c4c(O)cccc4F)c(F)cc23)CC1C. The Morgan fingerprint density at radius 3 is 2.18 bits per heavy atom. The van der Waals surface area contributed by atoms with Crippen molar-refractivity contribution in [3.05, 3.63) is 76.8 Å². The summed E-state index contributed by atoms with van der Waals surface area (Å²) in [5.74, 6) is -2.61. The number of fused-ring (bicyclic) bond motifs is 1. The lowest BCUT2D eigenvalue weighted by Crippen LogP contribution is -2.58. The summed E-state index contributed by atoms with van der Waals surface area (Å²) < 4.78 is 32.3. The zero-order valence-corrected chi connectivity index (χ0v) is 25.5. The van der Waals surface area contributed by atoms with Crippen molar-refractivity contribution in [2.45, 2.75) is 65.5 Å². The van der Waals surface area contributed by atoms with E-state index < -0.39 is 34.3 Å². The van der Waals surface area contributed by atoms with Crippen LogP contribution in [0.3, 0.4) is 0 Å². The second-order valence-corrected chi connectivity index (χ2v) is 11.7. The third-order valence-electron chi connectivity index (χ3n) is 7.87. The van der Waals surface area contributed by atoms with Gasteiger partial charge < -0.3 is 14.9 Å². The van der Waals surface area contributed by atoms with Gasteiger partial charge in [0.25, 0.3) is 0 Å². The molecule has 2 atom stereocenters. The van der Waals surface area contributed by atoms with Gasteiger partial charge in [-0.2, -0.15) is 4.98 Å². The number of pyridine rings is 1. The molecule has 1 aliphatic rings. The maximum absolute atomic E-state index is 16.0. The van der Waals surface area contributed by atoms with Crippen molar-refractivity contribution in [1.29, 1.82) is 0 Å². The van der Waals surface area contributed by atoms with Crippen molar-refractivity contribution >= 4 is 22.8 Å². The van der Waals surface area contributed by atoms with Gasteiger partial charge >= 0.3 is 5.69 Å². The van der Waals surface area contributed by atoms with Gasteiger partial charge in [-0.1, -0.05) is 40.3 Å². The van der Waals surface area contributed by atoms with Crippen molar-refractivity contribution in [2.24, 2.45) is 0 Å². The number of anilines is 1. The Morgan fingerprint density at radius 2 is 1.64 bits per heavy atom. The van der Waals surface area contributed by atoms with Crippen LogP contribution >= 0.6 is 0 Å². The minimum atomic E-state index is -0.912. The molecule has 44 heavy (non-hydrogen) atoms. The van der Waals surface area contributed by atoms with Crippen LogP contribution in [0.1, 0.15) is 64.8 Å². The minimum absolute atomic E-state index is 0.00237. The van der Waals surface area contributed by atoms with Crippen molar-refractivity contribution in [2.75, 3.05) is 18.0 Å². The first-order valence-electron chi connectivity index (χ1n) is 14.5. The summed E-state index contributed by atoms with van der Waals surface area (Å²) in [6, 6.07) is 4.23. The molecule has 1 N–H and O–H groups in total. The fraction of sp³-hybridized carbons (Fsp3) is 0.375. The standard InChI is InChI=1S/C32H35F2N7O3/c1-8-24(43)40-18(6)13-39(14-19(40)7)30-20-12-22(34)28(25-21(33)10-9-11-23(25)42)37-31(20)41(32(44)38-30)29-26(16(2)3)35-15-36-27(29)17(4)5/h8-12,15-19,42H,1,13-14H2,2-7H3. The first kappa shape index (κ1) is 30.7. The van der Waals surface area contributed by atoms with E-state index in [9.17, 15) is 14.7 Å². The number of phenols is 1. The smallest absolute Gasteiger partial charge is 0.355 e. The molecule has 1 aliphatic heterocycles. The lowest BCUT2D eigenvalue weighted by Gasteiger charge is -2.44. The molecule has 1 amide bonds. The average Bonchev–Trinajstić information content (AvgIpc) is 2.96. The summed E-state index contributed by atoms with van der Waals surface area (Å²) >= 11 is 0. The lowest BCUT2D eigenvalue weighted by molar-refractivity contribution is -0.130. The molecule has 1 fully saturated rings. The number of halogens is 2. The number of amides is 1. The predicted molar refractivity (Wildman–Crippen MR) is 164 cm³/mol. The summed E-state index contributed by atoms with van der Waals surface area (Å²) in [5, 5.41) is 10.7. The number of carbonyl (C=O) groups is 1. The molecule has 3 aromatic heterocycles. The Labute approximate surface area is 253 Å². The third kappa shape index (κ3) is 5.18. The van der Waals surface area contributed by atoms with Gasteiger partial charge in [0.1, 0.15) is 29.4 Å². The number of benzene rings is 1. The van der Waals surface area contributed by atoms with Crippen molar-refractivity contribution in [1.82, 2.24) is 29.4 Å². The van der Waals surface area contributed by atoms with Crippen molar-refractivity contribution < 1.29 is 18.7 Å². The normalized spacial score (nSPS) is 17.1. The summed E-state index contributed by atoms with van der Waals surface area (Å²) in [7, 11) is 0. The molecule has 10 nitrogen and oxygen atoms in total. The van der Waals surface area contributed by atoms with E-state index in [1.165, 1.54) is 29.1 Å². The zero-order chi connectivity index (χ0) is 32.0. The zero-order valence-electron chi connectivity index (χ0n) is 25.5.